The zero-order valence-electron chi connectivity index (χ0n) is 11.7. The zero-order valence-corrected chi connectivity index (χ0v) is 12.6. The fourth-order valence-corrected chi connectivity index (χ4v) is 2.45. The van der Waals surface area contributed by atoms with Crippen LogP contribution >= 0.6 is 11.8 Å². The Bertz CT molecular complexity index is 623. The van der Waals surface area contributed by atoms with Gasteiger partial charge in [-0.2, -0.15) is 0 Å². The first kappa shape index (κ1) is 15.3. The Morgan fingerprint density at radius 1 is 1.05 bits per heavy atom. The van der Waals surface area contributed by atoms with E-state index in [2.05, 4.69) is 0 Å². The lowest BCUT2D eigenvalue weighted by atomic mass is 10.1. The molecule has 0 aliphatic rings. The summed E-state index contributed by atoms with van der Waals surface area (Å²) in [5.74, 6) is 0.347. The molecule has 0 aliphatic carbocycles. The first-order chi connectivity index (χ1) is 10.2. The van der Waals surface area contributed by atoms with E-state index in [-0.39, 0.29) is 17.5 Å². The highest BCUT2D eigenvalue weighted by molar-refractivity contribution is 8.00. The molecule has 0 N–H and O–H groups in total. The summed E-state index contributed by atoms with van der Waals surface area (Å²) in [6.45, 7) is 1.80. The first-order valence-electron chi connectivity index (χ1n) is 6.71. The molecule has 0 spiro atoms. The number of rotatable bonds is 6. The summed E-state index contributed by atoms with van der Waals surface area (Å²) in [5.41, 5.74) is 0.568. The van der Waals surface area contributed by atoms with Crippen LogP contribution in [-0.2, 0) is 4.79 Å². The van der Waals surface area contributed by atoms with Crippen LogP contribution in [0.15, 0.2) is 59.5 Å². The second-order valence-corrected chi connectivity index (χ2v) is 5.43. The van der Waals surface area contributed by atoms with Crippen molar-refractivity contribution < 1.29 is 14.3 Å². The van der Waals surface area contributed by atoms with Crippen LogP contribution in [0.25, 0.3) is 0 Å². The van der Waals surface area contributed by atoms with E-state index in [1.54, 1.807) is 31.2 Å². The molecule has 108 valence electrons. The highest BCUT2D eigenvalue weighted by atomic mass is 32.2. The minimum Gasteiger partial charge on any atom is -0.426 e. The Morgan fingerprint density at radius 2 is 1.81 bits per heavy atom. The van der Waals surface area contributed by atoms with Crippen LogP contribution in [0, 0.1) is 0 Å². The average Bonchev–Trinajstić information content (AvgIpc) is 2.53. The van der Waals surface area contributed by atoms with Crippen LogP contribution in [0.2, 0.25) is 0 Å². The van der Waals surface area contributed by atoms with E-state index < -0.39 is 0 Å². The number of benzene rings is 2. The summed E-state index contributed by atoms with van der Waals surface area (Å²) in [6, 6.07) is 16.4. The second-order valence-electron chi connectivity index (χ2n) is 4.38. The molecule has 0 aliphatic heterocycles. The average molecular weight is 300 g/mol. The molecule has 0 amide bonds. The first-order valence-corrected chi connectivity index (χ1v) is 7.69. The van der Waals surface area contributed by atoms with Gasteiger partial charge in [-0.05, 0) is 24.3 Å². The van der Waals surface area contributed by atoms with Crippen molar-refractivity contribution in [2.75, 3.05) is 5.75 Å². The Balaban J connectivity index is 1.92. The van der Waals surface area contributed by atoms with Crippen molar-refractivity contribution in [1.82, 2.24) is 0 Å². The number of Topliss-reactive ketones (excluding diaryl/α,β-unsaturated/α-hetero) is 1. The van der Waals surface area contributed by atoms with Crippen molar-refractivity contribution in [3.8, 4) is 5.75 Å². The zero-order chi connectivity index (χ0) is 15.1. The number of carbonyl (C=O) groups is 2. The Morgan fingerprint density at radius 3 is 2.52 bits per heavy atom. The summed E-state index contributed by atoms with van der Waals surface area (Å²) in [4.78, 5) is 24.4. The van der Waals surface area contributed by atoms with Gasteiger partial charge in [0, 0.05) is 16.9 Å². The third-order valence-corrected chi connectivity index (χ3v) is 3.79. The van der Waals surface area contributed by atoms with Gasteiger partial charge in [0.05, 0.1) is 5.75 Å². The van der Waals surface area contributed by atoms with Crippen LogP contribution in [-0.4, -0.2) is 17.5 Å². The topological polar surface area (TPSA) is 43.4 Å². The van der Waals surface area contributed by atoms with Gasteiger partial charge in [0.1, 0.15) is 5.75 Å². The van der Waals surface area contributed by atoms with Crippen molar-refractivity contribution in [3.05, 3.63) is 60.2 Å². The molecule has 0 heterocycles. The van der Waals surface area contributed by atoms with Gasteiger partial charge < -0.3 is 4.74 Å². The summed E-state index contributed by atoms with van der Waals surface area (Å²) in [5, 5.41) is 0. The van der Waals surface area contributed by atoms with Gasteiger partial charge >= 0.3 is 5.97 Å². The third-order valence-electron chi connectivity index (χ3n) is 2.81. The standard InChI is InChI=1S/C17H16O3S/c1-2-16(18)13-7-6-8-14(11-13)20-17(19)12-21-15-9-4-3-5-10-15/h3-11H,2,12H2,1H3. The lowest BCUT2D eigenvalue weighted by Crippen LogP contribution is -2.11. The number of carbonyl (C=O) groups excluding carboxylic acids is 2. The summed E-state index contributed by atoms with van der Waals surface area (Å²) < 4.78 is 5.26. The van der Waals surface area contributed by atoms with E-state index in [0.717, 1.165) is 4.90 Å². The molecule has 0 radical (unpaired) electrons. The second kappa shape index (κ2) is 7.64. The van der Waals surface area contributed by atoms with E-state index >= 15 is 0 Å². The Kier molecular flexibility index (Phi) is 5.58. The van der Waals surface area contributed by atoms with E-state index in [0.29, 0.717) is 17.7 Å². The predicted octanol–water partition coefficient (Wildman–Crippen LogP) is 3.98. The van der Waals surface area contributed by atoms with Gasteiger partial charge in [0.25, 0.3) is 0 Å². The lowest BCUT2D eigenvalue weighted by Gasteiger charge is -2.06. The summed E-state index contributed by atoms with van der Waals surface area (Å²) in [6.07, 6.45) is 0.432. The van der Waals surface area contributed by atoms with Crippen molar-refractivity contribution >= 4 is 23.5 Å². The van der Waals surface area contributed by atoms with Crippen LogP contribution in [0.1, 0.15) is 23.7 Å². The summed E-state index contributed by atoms with van der Waals surface area (Å²) >= 11 is 1.42. The fourth-order valence-electron chi connectivity index (χ4n) is 1.76. The Labute approximate surface area is 128 Å². The number of hydrogen-bond acceptors (Lipinski definition) is 4. The largest absolute Gasteiger partial charge is 0.426 e. The van der Waals surface area contributed by atoms with Crippen molar-refractivity contribution in [1.29, 1.82) is 0 Å². The molecule has 0 saturated carbocycles. The maximum Gasteiger partial charge on any atom is 0.321 e. The van der Waals surface area contributed by atoms with Crippen LogP contribution < -0.4 is 4.74 Å². The van der Waals surface area contributed by atoms with Crippen molar-refractivity contribution in [3.63, 3.8) is 0 Å². The quantitative estimate of drug-likeness (QED) is 0.350. The van der Waals surface area contributed by atoms with E-state index in [4.69, 9.17) is 4.74 Å². The number of esters is 1. The number of ketones is 1. The maximum atomic E-state index is 11.8. The molecule has 2 aromatic carbocycles. The molecule has 0 saturated heterocycles. The number of thioether (sulfide) groups is 1. The summed E-state index contributed by atoms with van der Waals surface area (Å²) in [7, 11) is 0. The molecule has 0 fully saturated rings. The normalized spacial score (nSPS) is 10.1. The van der Waals surface area contributed by atoms with Gasteiger partial charge in [-0.1, -0.05) is 37.3 Å². The Hall–Kier alpha value is -2.07. The van der Waals surface area contributed by atoms with Gasteiger partial charge in [-0.25, -0.2) is 0 Å². The van der Waals surface area contributed by atoms with Gasteiger partial charge in [0.2, 0.25) is 0 Å². The molecule has 0 aromatic heterocycles. The lowest BCUT2D eigenvalue weighted by molar-refractivity contribution is -0.131. The molecule has 4 heteroatoms. The van der Waals surface area contributed by atoms with Crippen LogP contribution in [0.4, 0.5) is 0 Å². The number of hydrogen-bond donors (Lipinski definition) is 0. The van der Waals surface area contributed by atoms with Gasteiger partial charge in [-0.15, -0.1) is 11.8 Å². The molecule has 0 atom stereocenters. The molecular weight excluding hydrogens is 284 g/mol. The molecule has 3 nitrogen and oxygen atoms in total. The molecule has 21 heavy (non-hydrogen) atoms. The molecule has 2 aromatic rings. The van der Waals surface area contributed by atoms with Gasteiger partial charge in [-0.3, -0.25) is 9.59 Å². The third kappa shape index (κ3) is 4.76. The molecular formula is C17H16O3S. The maximum absolute atomic E-state index is 11.8. The minimum absolute atomic E-state index is 0.0339. The van der Waals surface area contributed by atoms with Crippen LogP contribution in [0.5, 0.6) is 5.75 Å². The SMILES string of the molecule is CCC(=O)c1cccc(OC(=O)CSc2ccccc2)c1. The monoisotopic (exact) mass is 300 g/mol. The van der Waals surface area contributed by atoms with E-state index in [1.165, 1.54) is 11.8 Å². The highest BCUT2D eigenvalue weighted by Crippen LogP contribution is 2.19. The highest BCUT2D eigenvalue weighted by Gasteiger charge is 2.08. The number of ether oxygens (including phenoxy) is 1. The minimum atomic E-state index is -0.329. The smallest absolute Gasteiger partial charge is 0.321 e. The molecule has 0 unspecified atom stereocenters. The van der Waals surface area contributed by atoms with Crippen molar-refractivity contribution in [2.24, 2.45) is 0 Å². The molecule has 0 bridgehead atoms. The van der Waals surface area contributed by atoms with E-state index in [9.17, 15) is 9.59 Å². The molecule has 2 rings (SSSR count). The van der Waals surface area contributed by atoms with E-state index in [1.807, 2.05) is 30.3 Å². The van der Waals surface area contributed by atoms with Gasteiger partial charge in [0.15, 0.2) is 5.78 Å². The predicted molar refractivity (Wildman–Crippen MR) is 83.9 cm³/mol. The van der Waals surface area contributed by atoms with Crippen LogP contribution in [0.3, 0.4) is 0 Å². The van der Waals surface area contributed by atoms with Crippen molar-refractivity contribution in [2.45, 2.75) is 18.2 Å². The fraction of sp³-hybridized carbons (Fsp3) is 0.176.